The molecular weight excluding hydrogens is 221 g/mol. The molecule has 1 saturated heterocycles. The van der Waals surface area contributed by atoms with E-state index in [2.05, 4.69) is 4.74 Å². The van der Waals surface area contributed by atoms with Crippen molar-refractivity contribution in [2.24, 2.45) is 0 Å². The predicted octanol–water partition coefficient (Wildman–Crippen LogP) is 2.61. The topological polar surface area (TPSA) is 12.5 Å². The van der Waals surface area contributed by atoms with Gasteiger partial charge in [0.25, 0.3) is 0 Å². The first-order chi connectivity index (χ1) is 6.02. The average Bonchev–Trinajstić information content (AvgIpc) is 2.60. The van der Waals surface area contributed by atoms with Gasteiger partial charge in [-0.05, 0) is 6.92 Å². The van der Waals surface area contributed by atoms with Gasteiger partial charge in [0.05, 0.1) is 6.10 Å². The van der Waals surface area contributed by atoms with Gasteiger partial charge in [-0.25, -0.2) is 4.39 Å². The SMILES string of the molecule is CC1OC1C(F)(C(F)(F)F)C(F)(F)F. The highest BCUT2D eigenvalue weighted by molar-refractivity contribution is 5.09. The van der Waals surface area contributed by atoms with E-state index in [0.717, 1.165) is 6.92 Å². The molecule has 0 aromatic carbocycles. The van der Waals surface area contributed by atoms with Gasteiger partial charge < -0.3 is 4.74 Å². The quantitative estimate of drug-likeness (QED) is 0.494. The largest absolute Gasteiger partial charge is 0.434 e. The van der Waals surface area contributed by atoms with Crippen LogP contribution in [-0.4, -0.2) is 30.2 Å². The van der Waals surface area contributed by atoms with Gasteiger partial charge in [-0.1, -0.05) is 0 Å². The van der Waals surface area contributed by atoms with E-state index in [1.54, 1.807) is 0 Å². The number of epoxide rings is 1. The first kappa shape index (κ1) is 11.5. The number of hydrogen-bond acceptors (Lipinski definition) is 1. The van der Waals surface area contributed by atoms with Crippen LogP contribution in [0.4, 0.5) is 30.7 Å². The Kier molecular flexibility index (Phi) is 2.26. The summed E-state index contributed by atoms with van der Waals surface area (Å²) < 4.78 is 88.1. The summed E-state index contributed by atoms with van der Waals surface area (Å²) in [5, 5.41) is 0. The highest BCUT2D eigenvalue weighted by Gasteiger charge is 2.81. The van der Waals surface area contributed by atoms with Crippen molar-refractivity contribution < 1.29 is 35.5 Å². The maximum absolute atomic E-state index is 12.9. The summed E-state index contributed by atoms with van der Waals surface area (Å²) in [5.74, 6) is 0. The van der Waals surface area contributed by atoms with Gasteiger partial charge in [-0.2, -0.15) is 26.3 Å². The molecule has 1 aliphatic heterocycles. The lowest BCUT2D eigenvalue weighted by Gasteiger charge is -2.28. The van der Waals surface area contributed by atoms with Gasteiger partial charge in [-0.3, -0.25) is 0 Å². The highest BCUT2D eigenvalue weighted by atomic mass is 19.4. The minimum Gasteiger partial charge on any atom is -0.366 e. The minimum absolute atomic E-state index is 0.941. The van der Waals surface area contributed by atoms with Crippen LogP contribution in [0.3, 0.4) is 0 Å². The molecule has 0 aromatic heterocycles. The molecule has 0 N–H and O–H groups in total. The average molecular weight is 226 g/mol. The van der Waals surface area contributed by atoms with Crippen LogP contribution in [0.5, 0.6) is 0 Å². The molecule has 14 heavy (non-hydrogen) atoms. The molecule has 1 aliphatic rings. The summed E-state index contributed by atoms with van der Waals surface area (Å²) in [6.45, 7) is 0.941. The third-order valence-corrected chi connectivity index (χ3v) is 1.93. The zero-order chi connectivity index (χ0) is 11.4. The molecule has 0 radical (unpaired) electrons. The third kappa shape index (κ3) is 1.45. The first-order valence-corrected chi connectivity index (χ1v) is 3.49. The molecule has 0 bridgehead atoms. The third-order valence-electron chi connectivity index (χ3n) is 1.93. The van der Waals surface area contributed by atoms with Crippen molar-refractivity contribution in [1.82, 2.24) is 0 Å². The smallest absolute Gasteiger partial charge is 0.366 e. The molecule has 2 unspecified atom stereocenters. The molecule has 84 valence electrons. The summed E-state index contributed by atoms with van der Waals surface area (Å²) in [6.07, 6.45) is -15.9. The maximum Gasteiger partial charge on any atom is 0.434 e. The minimum atomic E-state index is -6.01. The Morgan fingerprint density at radius 1 is 0.857 bits per heavy atom. The van der Waals surface area contributed by atoms with Crippen molar-refractivity contribution in [2.45, 2.75) is 37.2 Å². The molecule has 1 fully saturated rings. The van der Waals surface area contributed by atoms with E-state index in [4.69, 9.17) is 0 Å². The van der Waals surface area contributed by atoms with E-state index >= 15 is 0 Å². The van der Waals surface area contributed by atoms with Gasteiger partial charge in [0.1, 0.15) is 6.10 Å². The standard InChI is InChI=1S/C6H5F7O/c1-2-3(14-2)4(7,5(8,9)10)6(11,12)13/h2-3H,1H3. The van der Waals surface area contributed by atoms with Gasteiger partial charge in [0.15, 0.2) is 0 Å². The van der Waals surface area contributed by atoms with E-state index in [0.29, 0.717) is 0 Å². The molecule has 2 atom stereocenters. The van der Waals surface area contributed by atoms with Gasteiger partial charge in [-0.15, -0.1) is 0 Å². The fourth-order valence-electron chi connectivity index (χ4n) is 1.09. The second-order valence-corrected chi connectivity index (χ2v) is 2.97. The van der Waals surface area contributed by atoms with Crippen LogP contribution in [0.15, 0.2) is 0 Å². The fourth-order valence-corrected chi connectivity index (χ4v) is 1.09. The van der Waals surface area contributed by atoms with Crippen LogP contribution >= 0.6 is 0 Å². The van der Waals surface area contributed by atoms with Crippen molar-refractivity contribution in [2.75, 3.05) is 0 Å². The van der Waals surface area contributed by atoms with E-state index in [-0.39, 0.29) is 0 Å². The van der Waals surface area contributed by atoms with Crippen LogP contribution in [0.2, 0.25) is 0 Å². The Labute approximate surface area is 73.8 Å². The number of rotatable bonds is 1. The maximum atomic E-state index is 12.9. The molecule has 1 nitrogen and oxygen atoms in total. The van der Waals surface area contributed by atoms with E-state index < -0.39 is 30.2 Å². The molecule has 0 aliphatic carbocycles. The summed E-state index contributed by atoms with van der Waals surface area (Å²) >= 11 is 0. The van der Waals surface area contributed by atoms with Crippen LogP contribution in [0, 0.1) is 0 Å². The molecule has 1 rings (SSSR count). The Hall–Kier alpha value is -0.530. The van der Waals surface area contributed by atoms with E-state index in [9.17, 15) is 30.7 Å². The van der Waals surface area contributed by atoms with Crippen LogP contribution in [0.1, 0.15) is 6.92 Å². The van der Waals surface area contributed by atoms with Crippen molar-refractivity contribution >= 4 is 0 Å². The first-order valence-electron chi connectivity index (χ1n) is 3.49. The number of hydrogen-bond donors (Lipinski definition) is 0. The number of ether oxygens (including phenoxy) is 1. The Bertz CT molecular complexity index is 215. The predicted molar refractivity (Wildman–Crippen MR) is 30.3 cm³/mol. The summed E-state index contributed by atoms with van der Waals surface area (Å²) in [6, 6.07) is 0. The van der Waals surface area contributed by atoms with Gasteiger partial charge >= 0.3 is 18.0 Å². The lowest BCUT2D eigenvalue weighted by atomic mass is 9.98. The van der Waals surface area contributed by atoms with Crippen LogP contribution in [0.25, 0.3) is 0 Å². The molecule has 1 heterocycles. The highest BCUT2D eigenvalue weighted by Crippen LogP contribution is 2.54. The zero-order valence-corrected chi connectivity index (χ0v) is 6.71. The van der Waals surface area contributed by atoms with E-state index in [1.807, 2.05) is 0 Å². The lowest BCUT2D eigenvalue weighted by molar-refractivity contribution is -0.346. The Balaban J connectivity index is 3.04. The summed E-state index contributed by atoms with van der Waals surface area (Å²) in [5.41, 5.74) is -5.26. The van der Waals surface area contributed by atoms with Crippen molar-refractivity contribution in [3.63, 3.8) is 0 Å². The zero-order valence-electron chi connectivity index (χ0n) is 6.71. The fraction of sp³-hybridized carbons (Fsp3) is 1.00. The molecule has 0 aromatic rings. The molecular formula is C6H5F7O. The monoisotopic (exact) mass is 226 g/mol. The van der Waals surface area contributed by atoms with Crippen molar-refractivity contribution in [3.8, 4) is 0 Å². The molecule has 0 saturated carbocycles. The normalized spacial score (nSPS) is 29.1. The Morgan fingerprint density at radius 2 is 1.14 bits per heavy atom. The summed E-state index contributed by atoms with van der Waals surface area (Å²) in [4.78, 5) is 0. The van der Waals surface area contributed by atoms with Crippen molar-refractivity contribution in [1.29, 1.82) is 0 Å². The number of alkyl halides is 7. The van der Waals surface area contributed by atoms with Gasteiger partial charge in [0, 0.05) is 0 Å². The molecule has 0 amide bonds. The molecule has 8 heteroatoms. The second kappa shape index (κ2) is 2.74. The molecule has 0 spiro atoms. The van der Waals surface area contributed by atoms with Crippen LogP contribution < -0.4 is 0 Å². The Morgan fingerprint density at radius 3 is 1.21 bits per heavy atom. The summed E-state index contributed by atoms with van der Waals surface area (Å²) in [7, 11) is 0. The number of halogens is 7. The van der Waals surface area contributed by atoms with Crippen molar-refractivity contribution in [3.05, 3.63) is 0 Å². The van der Waals surface area contributed by atoms with Crippen LogP contribution in [-0.2, 0) is 4.74 Å². The van der Waals surface area contributed by atoms with Gasteiger partial charge in [0.2, 0.25) is 0 Å². The van der Waals surface area contributed by atoms with E-state index in [1.165, 1.54) is 0 Å². The lowest BCUT2D eigenvalue weighted by Crippen LogP contribution is -2.57. The second-order valence-electron chi connectivity index (χ2n) is 2.97.